The van der Waals surface area contributed by atoms with Gasteiger partial charge in [0.15, 0.2) is 0 Å². The zero-order valence-corrected chi connectivity index (χ0v) is 35.3. The van der Waals surface area contributed by atoms with Gasteiger partial charge in [-0.2, -0.15) is 0 Å². The van der Waals surface area contributed by atoms with E-state index in [0.29, 0.717) is 0 Å². The Balaban J connectivity index is 1.41. The summed E-state index contributed by atoms with van der Waals surface area (Å²) < 4.78 is 3.02. The quantitative estimate of drug-likeness (QED) is 0.112. The fraction of sp³-hybridized carbons (Fsp3) is 0.125. The van der Waals surface area contributed by atoms with E-state index in [2.05, 4.69) is 214 Å². The number of hydrogen-bond acceptors (Lipinski definition) is 2. The van der Waals surface area contributed by atoms with Gasteiger partial charge in [-0.15, -0.1) is 0 Å². The van der Waals surface area contributed by atoms with E-state index >= 15 is 0 Å². The second kappa shape index (κ2) is 13.7. The van der Waals surface area contributed by atoms with Gasteiger partial charge in [0.25, 0.3) is 0 Å². The molecule has 0 saturated heterocycles. The van der Waals surface area contributed by atoms with Gasteiger partial charge in [-0.05, 0) is 0 Å². The number of rotatable bonds is 8. The zero-order valence-electron chi connectivity index (χ0n) is 31.1. The Morgan fingerprint density at radius 3 is 0.904 bits per heavy atom. The third-order valence-electron chi connectivity index (χ3n) is 10.3. The second-order valence-electron chi connectivity index (χ2n) is 15.9. The monoisotopic (exact) mass is 798 g/mol. The summed E-state index contributed by atoms with van der Waals surface area (Å²) in [4.78, 5) is 4.89. The van der Waals surface area contributed by atoms with Crippen LogP contribution in [0.4, 0.5) is 34.1 Å². The molecule has 2 nitrogen and oxygen atoms in total. The summed E-state index contributed by atoms with van der Waals surface area (Å²) in [5.41, 5.74) is 7.00. The molecule has 0 aromatic heterocycles. The van der Waals surface area contributed by atoms with Gasteiger partial charge in [-0.3, -0.25) is 0 Å². The molecule has 0 amide bonds. The molecule has 0 N–H and O–H groups in total. The van der Waals surface area contributed by atoms with Crippen LogP contribution in [0.25, 0.3) is 32.3 Å². The summed E-state index contributed by atoms with van der Waals surface area (Å²) >= 11 is -3.98. The van der Waals surface area contributed by atoms with E-state index in [9.17, 15) is 0 Å². The van der Waals surface area contributed by atoms with E-state index in [0.717, 1.165) is 11.4 Å². The number of para-hydroxylation sites is 2. The zero-order chi connectivity index (χ0) is 36.0. The van der Waals surface area contributed by atoms with Crippen LogP contribution in [0.3, 0.4) is 0 Å². The van der Waals surface area contributed by atoms with Crippen LogP contribution in [0.2, 0.25) is 34.5 Å². The van der Waals surface area contributed by atoms with Crippen LogP contribution in [-0.4, -0.2) is 26.5 Å². The topological polar surface area (TPSA) is 6.48 Å². The van der Waals surface area contributed by atoms with Crippen LogP contribution >= 0.6 is 0 Å². The van der Waals surface area contributed by atoms with Crippen molar-refractivity contribution in [3.05, 3.63) is 170 Å². The van der Waals surface area contributed by atoms with Gasteiger partial charge in [0.1, 0.15) is 0 Å². The number of benzene rings is 8. The van der Waals surface area contributed by atoms with Gasteiger partial charge in [-0.1, -0.05) is 0 Å². The van der Waals surface area contributed by atoms with Gasteiger partial charge in [-0.25, -0.2) is 0 Å². The van der Waals surface area contributed by atoms with E-state index in [-0.39, 0.29) is 0 Å². The van der Waals surface area contributed by atoms with Crippen molar-refractivity contribution in [1.82, 2.24) is 0 Å². The van der Waals surface area contributed by atoms with E-state index in [1.807, 2.05) is 0 Å². The molecule has 0 aliphatic rings. The molecule has 0 saturated carbocycles. The summed E-state index contributed by atoms with van der Waals surface area (Å²) in [5, 5.41) is 7.44. The Morgan fingerprint density at radius 1 is 0.288 bits per heavy atom. The summed E-state index contributed by atoms with van der Waals surface area (Å²) in [6, 6.07) is 63.2. The van der Waals surface area contributed by atoms with Crippen molar-refractivity contribution in [3.8, 4) is 0 Å². The van der Waals surface area contributed by atoms with Crippen molar-refractivity contribution in [1.29, 1.82) is 0 Å². The summed E-state index contributed by atoms with van der Waals surface area (Å²) in [5.74, 6) is 14.8. The van der Waals surface area contributed by atoms with Crippen LogP contribution in [0, 0.1) is 0 Å². The molecular formula is C48H46Ge2N2. The Hall–Kier alpha value is -4.77. The molecule has 4 heteroatoms. The van der Waals surface area contributed by atoms with Crippen LogP contribution in [0.15, 0.2) is 170 Å². The molecule has 0 spiro atoms. The van der Waals surface area contributed by atoms with E-state index in [4.69, 9.17) is 0 Å². The van der Waals surface area contributed by atoms with Crippen LogP contribution in [-0.2, 0) is 0 Å². The van der Waals surface area contributed by atoms with Crippen LogP contribution in [0.1, 0.15) is 0 Å². The molecule has 0 aliphatic carbocycles. The first-order valence-corrected chi connectivity index (χ1v) is 33.1. The minimum absolute atomic E-state index is 1.15. The Kier molecular flexibility index (Phi) is 9.01. The average Bonchev–Trinajstić information content (AvgIpc) is 3.16. The Labute approximate surface area is 314 Å². The van der Waals surface area contributed by atoms with E-state index in [1.54, 1.807) is 0 Å². The molecule has 0 radical (unpaired) electrons. The van der Waals surface area contributed by atoms with Gasteiger partial charge >= 0.3 is 316 Å². The molecule has 0 fully saturated rings. The van der Waals surface area contributed by atoms with Gasteiger partial charge in [0.05, 0.1) is 0 Å². The molecule has 0 heterocycles. The van der Waals surface area contributed by atoms with E-state index < -0.39 is 26.5 Å². The molecular weight excluding hydrogens is 750 g/mol. The number of hydrogen-bond donors (Lipinski definition) is 0. The Bertz CT molecular complexity index is 2330. The first-order valence-electron chi connectivity index (χ1n) is 18.4. The molecule has 52 heavy (non-hydrogen) atoms. The summed E-state index contributed by atoms with van der Waals surface area (Å²) in [6.45, 7) is 0. The summed E-state index contributed by atoms with van der Waals surface area (Å²) in [6.07, 6.45) is 0. The third-order valence-corrected chi connectivity index (χ3v) is 19.0. The molecule has 8 rings (SSSR count). The normalized spacial score (nSPS) is 12.0. The Morgan fingerprint density at radius 2 is 0.577 bits per heavy atom. The first kappa shape index (κ1) is 34.3. The van der Waals surface area contributed by atoms with Crippen molar-refractivity contribution in [2.45, 2.75) is 34.5 Å². The van der Waals surface area contributed by atoms with Gasteiger partial charge < -0.3 is 0 Å². The standard InChI is InChI=1S/C48H46Ge2N2/c1-49(2,3)35-25-29-39(30-26-35)51(37-17-9-7-10-18-37)47-33-45-42-22-14-16-24-44(42)48(34-46(45)41-21-13-15-23-43(41)47)52(38-19-11-8-12-20-38)40-31-27-36(28-32-40)50(4,5)6/h7-34H,1-6H3. The van der Waals surface area contributed by atoms with Crippen molar-refractivity contribution >= 4 is 102 Å². The fourth-order valence-corrected chi connectivity index (χ4v) is 12.4. The van der Waals surface area contributed by atoms with Gasteiger partial charge in [0.2, 0.25) is 0 Å². The van der Waals surface area contributed by atoms with E-state index in [1.165, 1.54) is 63.9 Å². The number of anilines is 6. The maximum absolute atomic E-state index is 2.46. The minimum atomic E-state index is -1.99. The molecule has 0 bridgehead atoms. The van der Waals surface area contributed by atoms with Crippen LogP contribution in [0.5, 0.6) is 0 Å². The molecule has 0 atom stereocenters. The molecule has 0 aliphatic heterocycles. The molecule has 256 valence electrons. The average molecular weight is 796 g/mol. The van der Waals surface area contributed by atoms with Crippen molar-refractivity contribution in [2.24, 2.45) is 0 Å². The number of nitrogens with zero attached hydrogens (tertiary/aromatic N) is 2. The molecule has 0 unspecified atom stereocenters. The van der Waals surface area contributed by atoms with Crippen molar-refractivity contribution < 1.29 is 0 Å². The van der Waals surface area contributed by atoms with Crippen molar-refractivity contribution in [3.63, 3.8) is 0 Å². The third kappa shape index (κ3) is 6.44. The predicted octanol–water partition coefficient (Wildman–Crippen LogP) is 13.2. The first-order chi connectivity index (χ1) is 25.1. The SMILES string of the molecule is [CH3][Ge]([CH3])([CH3])[c]1ccc(N(c2ccccc2)c2cc3c4ccccc4c(N(c4ccccc4)c4cc[c]([Ge]([CH3])([CH3])[CH3])cc4)cc3c3ccccc23)cc1. The maximum atomic E-state index is 2.46. The number of fused-ring (bicyclic) bond motifs is 5. The molecule has 8 aromatic carbocycles. The second-order valence-corrected chi connectivity index (χ2v) is 37.2. The summed E-state index contributed by atoms with van der Waals surface area (Å²) in [7, 11) is 0. The molecule has 8 aromatic rings. The fourth-order valence-electron chi connectivity index (χ4n) is 7.51. The van der Waals surface area contributed by atoms with Crippen LogP contribution < -0.4 is 18.6 Å². The predicted molar refractivity (Wildman–Crippen MR) is 234 cm³/mol. The van der Waals surface area contributed by atoms with Crippen molar-refractivity contribution in [2.75, 3.05) is 9.80 Å². The van der Waals surface area contributed by atoms with Gasteiger partial charge in [0, 0.05) is 0 Å².